The summed E-state index contributed by atoms with van der Waals surface area (Å²) in [6.07, 6.45) is 3.57. The van der Waals surface area contributed by atoms with E-state index in [9.17, 15) is 13.2 Å². The van der Waals surface area contributed by atoms with Gasteiger partial charge in [0.25, 0.3) is 0 Å². The van der Waals surface area contributed by atoms with E-state index in [1.54, 1.807) is 34.8 Å². The molecule has 1 fully saturated rings. The van der Waals surface area contributed by atoms with Gasteiger partial charge in [-0.2, -0.15) is 4.31 Å². The molecule has 3 aromatic rings. The molecular formula is C26H32N2O4S. The number of carbonyl (C=O) groups excluding carboxylic acids is 1. The number of piperidine rings is 1. The van der Waals surface area contributed by atoms with Gasteiger partial charge in [-0.15, -0.1) is 0 Å². The monoisotopic (exact) mass is 468 g/mol. The lowest BCUT2D eigenvalue weighted by atomic mass is 9.86. The van der Waals surface area contributed by atoms with Gasteiger partial charge in [-0.05, 0) is 66.1 Å². The van der Waals surface area contributed by atoms with Crippen LogP contribution in [0.2, 0.25) is 0 Å². The van der Waals surface area contributed by atoms with Crippen LogP contribution in [-0.2, 0) is 26.7 Å². The predicted molar refractivity (Wildman–Crippen MR) is 131 cm³/mol. The number of anilines is 1. The first kappa shape index (κ1) is 23.5. The maximum absolute atomic E-state index is 12.9. The molecule has 0 saturated carbocycles. The van der Waals surface area contributed by atoms with Gasteiger partial charge < -0.3 is 9.73 Å². The van der Waals surface area contributed by atoms with E-state index in [0.717, 1.165) is 29.4 Å². The number of hydrogen-bond acceptors (Lipinski definition) is 4. The molecule has 1 N–H and O–H groups in total. The zero-order chi connectivity index (χ0) is 23.8. The second kappa shape index (κ2) is 8.95. The van der Waals surface area contributed by atoms with Crippen LogP contribution in [0.3, 0.4) is 0 Å². The van der Waals surface area contributed by atoms with Gasteiger partial charge in [-0.25, -0.2) is 8.42 Å². The van der Waals surface area contributed by atoms with Crippen molar-refractivity contribution in [3.8, 4) is 0 Å². The van der Waals surface area contributed by atoms with Gasteiger partial charge in [0.15, 0.2) is 0 Å². The third-order valence-corrected chi connectivity index (χ3v) is 8.30. The largest absolute Gasteiger partial charge is 0.464 e. The second-order valence-electron chi connectivity index (χ2n) is 10.1. The quantitative estimate of drug-likeness (QED) is 0.549. The van der Waals surface area contributed by atoms with Gasteiger partial charge in [0.05, 0.1) is 17.6 Å². The smallest absolute Gasteiger partial charge is 0.243 e. The van der Waals surface area contributed by atoms with Crippen molar-refractivity contribution in [2.75, 3.05) is 18.4 Å². The van der Waals surface area contributed by atoms with Crippen LogP contribution in [0.5, 0.6) is 0 Å². The molecule has 0 aliphatic carbocycles. The molecule has 4 rings (SSSR count). The summed E-state index contributed by atoms with van der Waals surface area (Å²) < 4.78 is 33.0. The molecule has 176 valence electrons. The van der Waals surface area contributed by atoms with Crippen molar-refractivity contribution in [3.63, 3.8) is 0 Å². The maximum atomic E-state index is 12.9. The summed E-state index contributed by atoms with van der Waals surface area (Å²) in [5.41, 5.74) is 3.33. The summed E-state index contributed by atoms with van der Waals surface area (Å²) in [7, 11) is -3.50. The molecule has 0 spiro atoms. The number of benzene rings is 2. The summed E-state index contributed by atoms with van der Waals surface area (Å²) in [6.45, 7) is 9.70. The first-order valence-electron chi connectivity index (χ1n) is 11.4. The lowest BCUT2D eigenvalue weighted by Gasteiger charge is -2.29. The van der Waals surface area contributed by atoms with Crippen LogP contribution < -0.4 is 5.32 Å². The number of amides is 1. The average Bonchev–Trinajstić information content (AvgIpc) is 3.16. The molecule has 1 aliphatic rings. The fourth-order valence-electron chi connectivity index (χ4n) is 4.15. The number of furan rings is 1. The van der Waals surface area contributed by atoms with E-state index < -0.39 is 10.0 Å². The van der Waals surface area contributed by atoms with Gasteiger partial charge in [-0.3, -0.25) is 4.79 Å². The molecule has 0 radical (unpaired) electrons. The first-order chi connectivity index (χ1) is 15.5. The molecule has 33 heavy (non-hydrogen) atoms. The van der Waals surface area contributed by atoms with E-state index in [1.165, 1.54) is 5.56 Å². The Morgan fingerprint density at radius 3 is 2.39 bits per heavy atom. The van der Waals surface area contributed by atoms with Crippen molar-refractivity contribution < 1.29 is 17.6 Å². The molecule has 1 aliphatic heterocycles. The number of sulfonamides is 1. The molecular weight excluding hydrogens is 436 g/mol. The van der Waals surface area contributed by atoms with Crippen LogP contribution in [0, 0.1) is 5.92 Å². The molecule has 0 atom stereocenters. The summed E-state index contributed by atoms with van der Waals surface area (Å²) >= 11 is 0. The van der Waals surface area contributed by atoms with Gasteiger partial charge >= 0.3 is 0 Å². The average molecular weight is 469 g/mol. The molecule has 7 heteroatoms. The van der Waals surface area contributed by atoms with Crippen molar-refractivity contribution in [3.05, 3.63) is 59.9 Å². The van der Waals surface area contributed by atoms with E-state index in [2.05, 4.69) is 45.1 Å². The van der Waals surface area contributed by atoms with Crippen molar-refractivity contribution >= 4 is 32.6 Å². The van der Waals surface area contributed by atoms with Crippen LogP contribution >= 0.6 is 0 Å². The molecule has 2 heterocycles. The Hall–Kier alpha value is -2.64. The number of hydrogen-bond donors (Lipinski definition) is 1. The molecule has 1 saturated heterocycles. The fourth-order valence-corrected chi connectivity index (χ4v) is 5.62. The van der Waals surface area contributed by atoms with Crippen LogP contribution in [0.1, 0.15) is 51.7 Å². The minimum atomic E-state index is -3.50. The zero-order valence-electron chi connectivity index (χ0n) is 19.7. The normalized spacial score (nSPS) is 16.2. The summed E-state index contributed by atoms with van der Waals surface area (Å²) in [6, 6.07) is 12.5. The van der Waals surface area contributed by atoms with Gasteiger partial charge in [0.1, 0.15) is 5.58 Å². The van der Waals surface area contributed by atoms with Crippen LogP contribution in [-0.4, -0.2) is 31.7 Å². The Morgan fingerprint density at radius 1 is 1.09 bits per heavy atom. The lowest BCUT2D eigenvalue weighted by Crippen LogP contribution is -2.37. The fraction of sp³-hybridized carbons (Fsp3) is 0.423. The topological polar surface area (TPSA) is 79.6 Å². The van der Waals surface area contributed by atoms with Crippen molar-refractivity contribution in [1.29, 1.82) is 0 Å². The van der Waals surface area contributed by atoms with E-state index in [1.807, 2.05) is 6.07 Å². The highest BCUT2D eigenvalue weighted by atomic mass is 32.2. The number of nitrogens with zero attached hydrogens (tertiary/aromatic N) is 1. The standard InChI is InChI=1S/C26H32N2O4S/c1-18-11-13-28(14-12-18)33(30,31)22-8-6-21(7-9-22)27-25(29)15-19-17-32-24-10-5-20(16-23(19)24)26(2,3)4/h5-10,16-18H,11-15H2,1-4H3,(H,27,29). The highest BCUT2D eigenvalue weighted by Crippen LogP contribution is 2.29. The Labute approximate surface area is 196 Å². The summed E-state index contributed by atoms with van der Waals surface area (Å²) in [5.74, 6) is 0.376. The molecule has 6 nitrogen and oxygen atoms in total. The highest BCUT2D eigenvalue weighted by molar-refractivity contribution is 7.89. The Morgan fingerprint density at radius 2 is 1.76 bits per heavy atom. The van der Waals surface area contributed by atoms with Crippen LogP contribution in [0.15, 0.2) is 58.0 Å². The van der Waals surface area contributed by atoms with Crippen molar-refractivity contribution in [2.45, 2.75) is 57.3 Å². The van der Waals surface area contributed by atoms with E-state index in [4.69, 9.17) is 4.42 Å². The first-order valence-corrected chi connectivity index (χ1v) is 12.9. The molecule has 1 amide bonds. The van der Waals surface area contributed by atoms with Crippen LogP contribution in [0.4, 0.5) is 5.69 Å². The number of carbonyl (C=O) groups is 1. The predicted octanol–water partition coefficient (Wildman–Crippen LogP) is 5.33. The molecule has 1 aromatic heterocycles. The summed E-state index contributed by atoms with van der Waals surface area (Å²) in [5, 5.41) is 3.80. The van der Waals surface area contributed by atoms with Crippen molar-refractivity contribution in [2.24, 2.45) is 5.92 Å². The van der Waals surface area contributed by atoms with Crippen LogP contribution in [0.25, 0.3) is 11.0 Å². The van der Waals surface area contributed by atoms with Gasteiger partial charge in [0, 0.05) is 29.7 Å². The molecule has 2 aromatic carbocycles. The minimum Gasteiger partial charge on any atom is -0.464 e. The number of nitrogens with one attached hydrogen (secondary N) is 1. The zero-order valence-corrected chi connectivity index (χ0v) is 20.5. The van der Waals surface area contributed by atoms with E-state index in [0.29, 0.717) is 24.7 Å². The molecule has 0 unspecified atom stereocenters. The maximum Gasteiger partial charge on any atom is 0.243 e. The SMILES string of the molecule is CC1CCN(S(=O)(=O)c2ccc(NC(=O)Cc3coc4ccc(C(C)(C)C)cc34)cc2)CC1. The van der Waals surface area contributed by atoms with E-state index in [-0.39, 0.29) is 22.6 Å². The highest BCUT2D eigenvalue weighted by Gasteiger charge is 2.28. The van der Waals surface area contributed by atoms with Gasteiger partial charge in [0.2, 0.25) is 15.9 Å². The summed E-state index contributed by atoms with van der Waals surface area (Å²) in [4.78, 5) is 12.9. The van der Waals surface area contributed by atoms with E-state index >= 15 is 0 Å². The Bertz CT molecular complexity index is 1250. The Kier molecular flexibility index (Phi) is 6.38. The third kappa shape index (κ3) is 5.14. The second-order valence-corrected chi connectivity index (χ2v) is 12.0. The third-order valence-electron chi connectivity index (χ3n) is 6.39. The number of fused-ring (bicyclic) bond motifs is 1. The molecule has 0 bridgehead atoms. The minimum absolute atomic E-state index is 0.000480. The number of rotatable bonds is 5. The Balaban J connectivity index is 1.44. The lowest BCUT2D eigenvalue weighted by molar-refractivity contribution is -0.115. The van der Waals surface area contributed by atoms with Crippen molar-refractivity contribution in [1.82, 2.24) is 4.31 Å². The van der Waals surface area contributed by atoms with Gasteiger partial charge in [-0.1, -0.05) is 33.8 Å².